The van der Waals surface area contributed by atoms with Gasteiger partial charge in [0, 0.05) is 56.2 Å². The number of aliphatic hydroxyl groups excluding tert-OH is 1. The summed E-state index contributed by atoms with van der Waals surface area (Å²) in [5.41, 5.74) is 2.84. The zero-order valence-corrected chi connectivity index (χ0v) is 22.9. The third-order valence-corrected chi connectivity index (χ3v) is 7.94. The van der Waals surface area contributed by atoms with E-state index in [4.69, 9.17) is 18.9 Å². The molecule has 0 aliphatic carbocycles. The van der Waals surface area contributed by atoms with Crippen molar-refractivity contribution in [3.63, 3.8) is 0 Å². The quantitative estimate of drug-likeness (QED) is 0.296. The lowest BCUT2D eigenvalue weighted by molar-refractivity contribution is -0.403. The predicted octanol–water partition coefficient (Wildman–Crippen LogP) is 2.39. The smallest absolute Gasteiger partial charge is 0.268 e. The number of nitrogens with zero attached hydrogens (tertiary/aromatic N) is 1. The average molecular weight is 553 g/mol. The number of carbonyl (C=O) groups is 1. The molecule has 40 heavy (non-hydrogen) atoms. The number of aliphatic hydroxyl groups is 3. The minimum atomic E-state index is -2.48. The Balaban J connectivity index is 1.59. The third kappa shape index (κ3) is 4.97. The minimum Gasteiger partial charge on any atom is -0.479 e. The molecule has 0 bridgehead atoms. The number of fused-ring (bicyclic) bond motifs is 1. The van der Waals surface area contributed by atoms with E-state index in [-0.39, 0.29) is 11.7 Å². The van der Waals surface area contributed by atoms with Crippen LogP contribution in [-0.4, -0.2) is 83.7 Å². The van der Waals surface area contributed by atoms with Crippen molar-refractivity contribution in [2.24, 2.45) is 0 Å². The van der Waals surface area contributed by atoms with Gasteiger partial charge in [-0.15, -0.1) is 0 Å². The summed E-state index contributed by atoms with van der Waals surface area (Å²) >= 11 is 0. The maximum atomic E-state index is 13.5. The highest BCUT2D eigenvalue weighted by Gasteiger charge is 2.62. The molecule has 2 aromatic carbocycles. The largest absolute Gasteiger partial charge is 0.479 e. The van der Waals surface area contributed by atoms with Crippen LogP contribution in [0.15, 0.2) is 60.8 Å². The molecular weight excluding hydrogens is 516 g/mol. The van der Waals surface area contributed by atoms with Gasteiger partial charge in [0.2, 0.25) is 11.9 Å². The fraction of sp³-hybridized carbons (Fsp3) is 0.433. The van der Waals surface area contributed by atoms with Crippen LogP contribution in [0.4, 0.5) is 0 Å². The van der Waals surface area contributed by atoms with E-state index in [0.29, 0.717) is 17.2 Å². The van der Waals surface area contributed by atoms with Gasteiger partial charge in [0.1, 0.15) is 5.76 Å². The van der Waals surface area contributed by atoms with Gasteiger partial charge in [-0.3, -0.25) is 9.36 Å². The first-order valence-electron chi connectivity index (χ1n) is 13.4. The minimum absolute atomic E-state index is 0.139. The first-order chi connectivity index (χ1) is 19.2. The fourth-order valence-electron chi connectivity index (χ4n) is 5.60. The van der Waals surface area contributed by atoms with Crippen molar-refractivity contribution < 1.29 is 39.1 Å². The van der Waals surface area contributed by atoms with Gasteiger partial charge in [-0.2, -0.15) is 0 Å². The van der Waals surface area contributed by atoms with E-state index in [1.54, 1.807) is 22.8 Å². The van der Waals surface area contributed by atoms with Gasteiger partial charge in [-0.1, -0.05) is 18.2 Å². The molecule has 1 saturated heterocycles. The summed E-state index contributed by atoms with van der Waals surface area (Å²) in [5.74, 6) is -4.85. The Morgan fingerprint density at radius 3 is 2.58 bits per heavy atom. The van der Waals surface area contributed by atoms with Gasteiger partial charge in [0.25, 0.3) is 11.7 Å². The highest BCUT2D eigenvalue weighted by molar-refractivity contribution is 6.03. The van der Waals surface area contributed by atoms with Crippen LogP contribution in [0.25, 0.3) is 16.7 Å². The second-order valence-electron chi connectivity index (χ2n) is 10.2. The molecule has 2 unspecified atom stereocenters. The average Bonchev–Trinajstić information content (AvgIpc) is 3.64. The summed E-state index contributed by atoms with van der Waals surface area (Å²) in [6.07, 6.45) is 3.83. The lowest BCUT2D eigenvalue weighted by Crippen LogP contribution is -2.68. The summed E-state index contributed by atoms with van der Waals surface area (Å²) in [4.78, 5) is 13.5. The van der Waals surface area contributed by atoms with Crippen molar-refractivity contribution >= 4 is 22.6 Å². The number of aryl methyl sites for hydroxylation is 1. The highest BCUT2D eigenvalue weighted by Crippen LogP contribution is 2.42. The van der Waals surface area contributed by atoms with E-state index in [1.807, 2.05) is 36.5 Å². The second-order valence-corrected chi connectivity index (χ2v) is 10.2. The van der Waals surface area contributed by atoms with E-state index >= 15 is 0 Å². The molecule has 0 radical (unpaired) electrons. The zero-order chi connectivity index (χ0) is 28.5. The zero-order valence-electron chi connectivity index (χ0n) is 22.9. The molecule has 10 nitrogen and oxygen atoms in total. The van der Waals surface area contributed by atoms with Crippen LogP contribution in [0.3, 0.4) is 0 Å². The number of hydrogen-bond acceptors (Lipinski definition) is 9. The van der Waals surface area contributed by atoms with Gasteiger partial charge in [-0.25, -0.2) is 0 Å². The molecule has 3 heterocycles. The van der Waals surface area contributed by atoms with Crippen molar-refractivity contribution in [3.05, 3.63) is 77.5 Å². The lowest BCUT2D eigenvalue weighted by atomic mass is 9.92. The summed E-state index contributed by atoms with van der Waals surface area (Å²) in [5, 5.41) is 37.2. The van der Waals surface area contributed by atoms with E-state index in [9.17, 15) is 20.1 Å². The summed E-state index contributed by atoms with van der Waals surface area (Å²) in [7, 11) is 3.59. The fourth-order valence-corrected chi connectivity index (χ4v) is 5.60. The number of carbonyl (C=O) groups excluding carboxylic acids is 1. The number of benzene rings is 2. The molecule has 4 N–H and O–H groups in total. The van der Waals surface area contributed by atoms with E-state index < -0.39 is 24.0 Å². The van der Waals surface area contributed by atoms with Crippen molar-refractivity contribution in [1.82, 2.24) is 9.88 Å². The molecule has 5 atom stereocenters. The van der Waals surface area contributed by atoms with Crippen LogP contribution in [0.1, 0.15) is 40.7 Å². The Morgan fingerprint density at radius 1 is 1.15 bits per heavy atom. The highest BCUT2D eigenvalue weighted by atomic mass is 16.7. The normalized spacial score (nSPS) is 27.4. The number of aromatic nitrogens is 1. The molecule has 3 aromatic rings. The summed E-state index contributed by atoms with van der Waals surface area (Å²) in [6, 6.07) is 15.0. The van der Waals surface area contributed by atoms with E-state index in [2.05, 4.69) is 5.32 Å². The molecule has 1 fully saturated rings. The maximum absolute atomic E-state index is 13.5. The van der Waals surface area contributed by atoms with Crippen LogP contribution < -0.4 is 5.32 Å². The Kier molecular flexibility index (Phi) is 8.12. The molecule has 1 aromatic heterocycles. The van der Waals surface area contributed by atoms with Gasteiger partial charge < -0.3 is 39.6 Å². The Labute approximate surface area is 232 Å². The predicted molar refractivity (Wildman–Crippen MR) is 147 cm³/mol. The molecule has 2 aliphatic rings. The topological polar surface area (TPSA) is 132 Å². The van der Waals surface area contributed by atoms with Gasteiger partial charge in [0.05, 0.1) is 5.52 Å². The maximum Gasteiger partial charge on any atom is 0.268 e. The van der Waals surface area contributed by atoms with Crippen molar-refractivity contribution in [3.8, 4) is 0 Å². The van der Waals surface area contributed by atoms with Gasteiger partial charge in [-0.05, 0) is 68.1 Å². The first kappa shape index (κ1) is 28.4. The number of hydrogen-bond donors (Lipinski definition) is 4. The van der Waals surface area contributed by atoms with Crippen LogP contribution in [0.2, 0.25) is 0 Å². The van der Waals surface area contributed by atoms with E-state index in [0.717, 1.165) is 55.8 Å². The standard InChI is InChI=1S/C30H36N2O8/c1-37-28(34)26-30(36,39-3)29(35,38-2)17-25(40-26)20-12-14-24-23(16-20)21(11-13-22-10-7-15-31-22)18-32(24)27(33)19-8-5-4-6-9-19/h4-6,8-9,12,14,16-18,22,26,28,31,34-36H,7,10-11,13,15H2,1-3H3/t22?,26-,28?,29+,30+/m1/s1. The van der Waals surface area contributed by atoms with Crippen molar-refractivity contribution in [2.45, 2.75) is 55.7 Å². The molecule has 2 aliphatic heterocycles. The Hall–Kier alpha value is -3.09. The van der Waals surface area contributed by atoms with E-state index in [1.165, 1.54) is 20.3 Å². The number of nitrogens with one attached hydrogen (secondary N) is 1. The SMILES string of the molecule is COC(O)[C@H]1OC(c2ccc3c(c2)c(CCC2CCCN2)cn3C(=O)c2ccccc2)=C[C@](O)(OC)[C@@]1(O)OC. The summed E-state index contributed by atoms with van der Waals surface area (Å²) < 4.78 is 23.1. The number of rotatable bonds is 9. The Morgan fingerprint density at radius 2 is 1.93 bits per heavy atom. The molecule has 214 valence electrons. The van der Waals surface area contributed by atoms with Crippen LogP contribution in [0.5, 0.6) is 0 Å². The third-order valence-electron chi connectivity index (χ3n) is 7.94. The van der Waals surface area contributed by atoms with Crippen LogP contribution in [-0.2, 0) is 25.4 Å². The second kappa shape index (κ2) is 11.4. The monoisotopic (exact) mass is 552 g/mol. The Bertz CT molecular complexity index is 1380. The molecule has 0 amide bonds. The van der Waals surface area contributed by atoms with Crippen molar-refractivity contribution in [2.75, 3.05) is 27.9 Å². The number of ether oxygens (including phenoxy) is 4. The number of methoxy groups -OCH3 is 3. The first-order valence-corrected chi connectivity index (χ1v) is 13.4. The van der Waals surface area contributed by atoms with Crippen LogP contribution >= 0.6 is 0 Å². The summed E-state index contributed by atoms with van der Waals surface area (Å²) in [6.45, 7) is 1.01. The van der Waals surface area contributed by atoms with Gasteiger partial charge >= 0.3 is 0 Å². The molecule has 0 spiro atoms. The molecular formula is C30H36N2O8. The molecule has 10 heteroatoms. The van der Waals surface area contributed by atoms with Crippen molar-refractivity contribution in [1.29, 1.82) is 0 Å². The molecule has 5 rings (SSSR count). The van der Waals surface area contributed by atoms with Gasteiger partial charge in [0.15, 0.2) is 6.29 Å². The van der Waals surface area contributed by atoms with Crippen LogP contribution in [0, 0.1) is 0 Å². The lowest BCUT2D eigenvalue weighted by Gasteiger charge is -2.47. The molecule has 0 saturated carbocycles.